The van der Waals surface area contributed by atoms with Crippen LogP contribution in [0.15, 0.2) is 76.4 Å². The van der Waals surface area contributed by atoms with E-state index < -0.39 is 26.0 Å². The first-order valence-corrected chi connectivity index (χ1v) is 17.6. The van der Waals surface area contributed by atoms with Crippen LogP contribution in [0.5, 0.6) is 0 Å². The predicted molar refractivity (Wildman–Crippen MR) is 168 cm³/mol. The molecule has 3 aromatic rings. The number of aryl methyl sites for hydroxylation is 1. The molecular weight excluding hydrogens is 560 g/mol. The van der Waals surface area contributed by atoms with E-state index >= 15 is 0 Å². The number of benzene rings is 2. The van der Waals surface area contributed by atoms with E-state index in [0.717, 1.165) is 25.7 Å². The van der Waals surface area contributed by atoms with Gasteiger partial charge in [0.2, 0.25) is 0 Å². The van der Waals surface area contributed by atoms with E-state index in [2.05, 4.69) is 74.3 Å². The third kappa shape index (κ3) is 5.73. The second-order valence-electron chi connectivity index (χ2n) is 13.4. The number of nitrogens with one attached hydrogen (secondary N) is 1. The van der Waals surface area contributed by atoms with Gasteiger partial charge in [0.1, 0.15) is 12.3 Å². The SMILES string of the molecule is Cc1cn(C2C[C@@H](CO[Si](c3ccccc3)(c3ccccc3)C(C)(C)C)[C@@H]([C@H]3COC4(CCCCC4)O3)O2)c(=O)[nH]c1=O. The van der Waals surface area contributed by atoms with Crippen molar-refractivity contribution in [1.82, 2.24) is 9.55 Å². The molecule has 1 aromatic heterocycles. The van der Waals surface area contributed by atoms with Gasteiger partial charge in [0.05, 0.1) is 12.7 Å². The number of nitrogens with zero attached hydrogens (tertiary/aromatic N) is 1. The van der Waals surface area contributed by atoms with Crippen molar-refractivity contribution in [1.29, 1.82) is 0 Å². The van der Waals surface area contributed by atoms with Crippen LogP contribution in [0.2, 0.25) is 5.04 Å². The molecule has 9 heteroatoms. The van der Waals surface area contributed by atoms with Crippen LogP contribution < -0.4 is 21.6 Å². The first-order chi connectivity index (χ1) is 20.6. The minimum atomic E-state index is -2.80. The molecule has 3 heterocycles. The number of hydrogen-bond donors (Lipinski definition) is 1. The molecule has 2 saturated heterocycles. The van der Waals surface area contributed by atoms with Gasteiger partial charge in [0.15, 0.2) is 5.79 Å². The van der Waals surface area contributed by atoms with E-state index in [0.29, 0.717) is 25.2 Å². The van der Waals surface area contributed by atoms with Crippen LogP contribution >= 0.6 is 0 Å². The van der Waals surface area contributed by atoms with E-state index in [1.807, 2.05) is 12.1 Å². The van der Waals surface area contributed by atoms with E-state index in [4.69, 9.17) is 18.6 Å². The Kier molecular flexibility index (Phi) is 8.38. The van der Waals surface area contributed by atoms with Crippen LogP contribution in [0.3, 0.4) is 0 Å². The Hall–Kier alpha value is -2.82. The van der Waals surface area contributed by atoms with Gasteiger partial charge >= 0.3 is 5.69 Å². The van der Waals surface area contributed by atoms with Gasteiger partial charge < -0.3 is 18.6 Å². The highest BCUT2D eigenvalue weighted by Gasteiger charge is 2.53. The van der Waals surface area contributed by atoms with Crippen molar-refractivity contribution in [3.05, 3.63) is 93.3 Å². The van der Waals surface area contributed by atoms with Gasteiger partial charge in [-0.25, -0.2) is 4.79 Å². The quantitative estimate of drug-likeness (QED) is 0.402. The number of hydrogen-bond acceptors (Lipinski definition) is 6. The van der Waals surface area contributed by atoms with Gasteiger partial charge in [0, 0.05) is 43.5 Å². The minimum Gasteiger partial charge on any atom is -0.407 e. The molecule has 1 aliphatic carbocycles. The van der Waals surface area contributed by atoms with E-state index in [1.165, 1.54) is 21.4 Å². The Morgan fingerprint density at radius 3 is 2.21 bits per heavy atom. The van der Waals surface area contributed by atoms with Crippen molar-refractivity contribution in [3.8, 4) is 0 Å². The maximum absolute atomic E-state index is 12.9. The van der Waals surface area contributed by atoms with Gasteiger partial charge in [0.25, 0.3) is 13.9 Å². The summed E-state index contributed by atoms with van der Waals surface area (Å²) in [7, 11) is -2.80. The summed E-state index contributed by atoms with van der Waals surface area (Å²) in [6.45, 7) is 9.41. The highest BCUT2D eigenvalue weighted by atomic mass is 28.4. The zero-order valence-electron chi connectivity index (χ0n) is 25.7. The molecule has 1 N–H and O–H groups in total. The van der Waals surface area contributed by atoms with Crippen molar-refractivity contribution in [2.75, 3.05) is 13.2 Å². The first-order valence-electron chi connectivity index (χ1n) is 15.7. The van der Waals surface area contributed by atoms with Crippen molar-refractivity contribution < 1.29 is 18.6 Å². The highest BCUT2D eigenvalue weighted by molar-refractivity contribution is 6.99. The number of aromatic amines is 1. The summed E-state index contributed by atoms with van der Waals surface area (Å²) in [6.07, 6.45) is 6.17. The van der Waals surface area contributed by atoms with E-state index in [-0.39, 0.29) is 28.7 Å². The molecule has 8 nitrogen and oxygen atoms in total. The zero-order chi connectivity index (χ0) is 30.2. The van der Waals surface area contributed by atoms with Crippen LogP contribution in [-0.2, 0) is 18.6 Å². The lowest BCUT2D eigenvalue weighted by Crippen LogP contribution is -2.67. The summed E-state index contributed by atoms with van der Waals surface area (Å²) in [4.78, 5) is 27.5. The molecule has 4 atom stereocenters. The number of ether oxygens (including phenoxy) is 3. The molecule has 230 valence electrons. The summed E-state index contributed by atoms with van der Waals surface area (Å²) in [5.74, 6) is -0.600. The minimum absolute atomic E-state index is 0.0573. The Bertz CT molecular complexity index is 1470. The van der Waals surface area contributed by atoms with Gasteiger partial charge in [-0.05, 0) is 35.2 Å². The number of rotatable bonds is 7. The van der Waals surface area contributed by atoms with Crippen LogP contribution in [-0.4, -0.2) is 49.1 Å². The van der Waals surface area contributed by atoms with Crippen molar-refractivity contribution in [2.24, 2.45) is 5.92 Å². The van der Waals surface area contributed by atoms with Crippen LogP contribution in [0.4, 0.5) is 0 Å². The molecule has 3 fully saturated rings. The lowest BCUT2D eigenvalue weighted by molar-refractivity contribution is -0.201. The summed E-state index contributed by atoms with van der Waals surface area (Å²) in [6, 6.07) is 21.2. The molecule has 0 bridgehead atoms. The second-order valence-corrected chi connectivity index (χ2v) is 17.7. The van der Waals surface area contributed by atoms with Gasteiger partial charge in [-0.15, -0.1) is 0 Å². The topological polar surface area (TPSA) is 91.8 Å². The molecule has 1 saturated carbocycles. The molecule has 0 amide bonds. The summed E-state index contributed by atoms with van der Waals surface area (Å²) < 4.78 is 28.6. The molecule has 6 rings (SSSR count). The van der Waals surface area contributed by atoms with Gasteiger partial charge in [-0.3, -0.25) is 14.3 Å². The molecule has 3 aliphatic rings. The van der Waals surface area contributed by atoms with E-state index in [1.54, 1.807) is 13.1 Å². The lowest BCUT2D eigenvalue weighted by atomic mass is 9.94. The Labute approximate surface area is 254 Å². The van der Waals surface area contributed by atoms with Crippen LogP contribution in [0.25, 0.3) is 0 Å². The molecule has 2 aromatic carbocycles. The van der Waals surface area contributed by atoms with Crippen LogP contribution in [0, 0.1) is 12.8 Å². The second kappa shape index (κ2) is 11.9. The first kappa shape index (κ1) is 30.2. The molecule has 2 aliphatic heterocycles. The monoisotopic (exact) mass is 604 g/mol. The fourth-order valence-electron chi connectivity index (χ4n) is 7.36. The zero-order valence-corrected chi connectivity index (χ0v) is 26.7. The van der Waals surface area contributed by atoms with Crippen molar-refractivity contribution in [3.63, 3.8) is 0 Å². The Morgan fingerprint density at radius 2 is 1.60 bits per heavy atom. The van der Waals surface area contributed by atoms with Crippen molar-refractivity contribution in [2.45, 2.75) is 95.5 Å². The number of H-pyrrole nitrogens is 1. The molecule has 1 unspecified atom stereocenters. The van der Waals surface area contributed by atoms with Crippen molar-refractivity contribution >= 4 is 18.7 Å². The summed E-state index contributed by atoms with van der Waals surface area (Å²) >= 11 is 0. The third-order valence-corrected chi connectivity index (χ3v) is 14.5. The lowest BCUT2D eigenvalue weighted by Gasteiger charge is -2.44. The fourth-order valence-corrected chi connectivity index (χ4v) is 12.0. The predicted octanol–water partition coefficient (Wildman–Crippen LogP) is 4.40. The summed E-state index contributed by atoms with van der Waals surface area (Å²) in [5.41, 5.74) is -0.386. The van der Waals surface area contributed by atoms with Gasteiger partial charge in [-0.2, -0.15) is 0 Å². The average molecular weight is 605 g/mol. The largest absolute Gasteiger partial charge is 0.407 e. The van der Waals surface area contributed by atoms with Crippen LogP contribution in [0.1, 0.15) is 71.1 Å². The number of aromatic nitrogens is 2. The maximum atomic E-state index is 12.9. The smallest absolute Gasteiger partial charge is 0.330 e. The molecule has 43 heavy (non-hydrogen) atoms. The van der Waals surface area contributed by atoms with Gasteiger partial charge in [-0.1, -0.05) is 87.9 Å². The maximum Gasteiger partial charge on any atom is 0.330 e. The standard InChI is InChI=1S/C34H44N2O6Si/c1-24-21-36(32(38)35-31(24)37)29-20-25(30(41-29)28-23-39-34(42-28)18-12-7-13-19-34)22-40-43(33(2,3)4,26-14-8-5-9-15-26)27-16-10-6-11-17-27/h5-6,8-11,14-17,21,25,28-30H,7,12-13,18-20,22-23H2,1-4H3,(H,35,37,38)/t25-,28+,29?,30-/m0/s1. The van der Waals surface area contributed by atoms with E-state index in [9.17, 15) is 9.59 Å². The molecule has 1 spiro atoms. The fraction of sp³-hybridized carbons (Fsp3) is 0.529. The summed E-state index contributed by atoms with van der Waals surface area (Å²) in [5, 5.41) is 2.26. The normalized spacial score (nSPS) is 25.8. The highest BCUT2D eigenvalue weighted by Crippen LogP contribution is 2.44. The molecular formula is C34H44N2O6Si. The third-order valence-electron chi connectivity index (χ3n) is 9.53. The Morgan fingerprint density at radius 1 is 0.977 bits per heavy atom. The Balaban J connectivity index is 1.35. The molecule has 0 radical (unpaired) electrons. The average Bonchev–Trinajstić information content (AvgIpc) is 3.60.